The maximum atomic E-state index is 11.1. The first kappa shape index (κ1) is 12.4. The van der Waals surface area contributed by atoms with E-state index in [4.69, 9.17) is 0 Å². The van der Waals surface area contributed by atoms with Crippen LogP contribution in [0.25, 0.3) is 0 Å². The highest BCUT2D eigenvalue weighted by Crippen LogP contribution is 2.39. The van der Waals surface area contributed by atoms with Gasteiger partial charge in [0.15, 0.2) is 0 Å². The van der Waals surface area contributed by atoms with Crippen LogP contribution in [0, 0.1) is 22.0 Å². The van der Waals surface area contributed by atoms with Gasteiger partial charge in [0.25, 0.3) is 0 Å². The van der Waals surface area contributed by atoms with Gasteiger partial charge in [0.05, 0.1) is 4.92 Å². The maximum Gasteiger partial charge on any atom is 0.330 e. The van der Waals surface area contributed by atoms with Crippen molar-refractivity contribution >= 4 is 11.5 Å². The molecule has 2 fully saturated rings. The van der Waals surface area contributed by atoms with Gasteiger partial charge in [-0.15, -0.1) is 5.10 Å². The molecule has 19 heavy (non-hydrogen) atoms. The quantitative estimate of drug-likeness (QED) is 0.645. The number of aryl methyl sites for hydroxylation is 1. The fourth-order valence-electron chi connectivity index (χ4n) is 3.59. The second kappa shape index (κ2) is 4.48. The van der Waals surface area contributed by atoms with E-state index in [-0.39, 0.29) is 10.6 Å². The first-order valence-corrected chi connectivity index (χ1v) is 6.77. The third kappa shape index (κ3) is 1.88. The largest absolute Gasteiger partial charge is 0.346 e. The zero-order chi connectivity index (χ0) is 13.6. The molecule has 7 heteroatoms. The predicted molar refractivity (Wildman–Crippen MR) is 71.1 cm³/mol. The summed E-state index contributed by atoms with van der Waals surface area (Å²) >= 11 is 0. The van der Waals surface area contributed by atoms with Gasteiger partial charge in [-0.05, 0) is 18.3 Å². The number of hydrogen-bond donors (Lipinski definition) is 1. The molecule has 0 saturated carbocycles. The van der Waals surface area contributed by atoms with Crippen molar-refractivity contribution < 1.29 is 4.92 Å². The molecule has 3 rings (SSSR count). The SMILES string of the molecule is CCC1C2CNCC2CN1c1nn(C)cc1[N+](=O)[O-]. The third-order valence-electron chi connectivity index (χ3n) is 4.40. The van der Waals surface area contributed by atoms with E-state index in [1.807, 2.05) is 0 Å². The minimum Gasteiger partial charge on any atom is -0.346 e. The van der Waals surface area contributed by atoms with Gasteiger partial charge < -0.3 is 10.2 Å². The second-order valence-electron chi connectivity index (χ2n) is 5.48. The average molecular weight is 265 g/mol. The molecule has 0 radical (unpaired) electrons. The van der Waals surface area contributed by atoms with Crippen molar-refractivity contribution in [2.24, 2.45) is 18.9 Å². The number of nitro groups is 1. The van der Waals surface area contributed by atoms with E-state index in [0.29, 0.717) is 23.7 Å². The van der Waals surface area contributed by atoms with Crippen LogP contribution in [0.4, 0.5) is 11.5 Å². The van der Waals surface area contributed by atoms with E-state index in [9.17, 15) is 10.1 Å². The van der Waals surface area contributed by atoms with E-state index in [1.165, 1.54) is 10.9 Å². The molecule has 2 saturated heterocycles. The van der Waals surface area contributed by atoms with E-state index < -0.39 is 0 Å². The topological polar surface area (TPSA) is 76.2 Å². The summed E-state index contributed by atoms with van der Waals surface area (Å²) in [5.41, 5.74) is 0.119. The monoisotopic (exact) mass is 265 g/mol. The molecule has 7 nitrogen and oxygen atoms in total. The summed E-state index contributed by atoms with van der Waals surface area (Å²) in [4.78, 5) is 13.0. The van der Waals surface area contributed by atoms with Gasteiger partial charge in [0.2, 0.25) is 5.82 Å². The number of aromatic nitrogens is 2. The minimum absolute atomic E-state index is 0.119. The van der Waals surface area contributed by atoms with Crippen LogP contribution in [0.3, 0.4) is 0 Å². The van der Waals surface area contributed by atoms with Gasteiger partial charge in [-0.2, -0.15) is 0 Å². The Morgan fingerprint density at radius 2 is 2.37 bits per heavy atom. The normalized spacial score (nSPS) is 29.8. The Morgan fingerprint density at radius 3 is 3.05 bits per heavy atom. The van der Waals surface area contributed by atoms with Crippen LogP contribution in [0.2, 0.25) is 0 Å². The molecule has 3 atom stereocenters. The molecule has 3 unspecified atom stereocenters. The Kier molecular flexibility index (Phi) is 2.93. The zero-order valence-corrected chi connectivity index (χ0v) is 11.2. The zero-order valence-electron chi connectivity index (χ0n) is 11.2. The lowest BCUT2D eigenvalue weighted by molar-refractivity contribution is -0.384. The number of hydrogen-bond acceptors (Lipinski definition) is 5. The summed E-state index contributed by atoms with van der Waals surface area (Å²) in [7, 11) is 1.73. The molecule has 3 heterocycles. The van der Waals surface area contributed by atoms with Gasteiger partial charge in [0, 0.05) is 32.7 Å². The van der Waals surface area contributed by atoms with E-state index >= 15 is 0 Å². The fourth-order valence-corrected chi connectivity index (χ4v) is 3.59. The molecule has 0 aromatic carbocycles. The van der Waals surface area contributed by atoms with Gasteiger partial charge in [-0.1, -0.05) is 6.92 Å². The lowest BCUT2D eigenvalue weighted by Gasteiger charge is -2.26. The second-order valence-corrected chi connectivity index (χ2v) is 5.48. The molecule has 1 aromatic rings. The highest BCUT2D eigenvalue weighted by Gasteiger charge is 2.45. The van der Waals surface area contributed by atoms with Crippen LogP contribution in [0.5, 0.6) is 0 Å². The van der Waals surface area contributed by atoms with Crippen LogP contribution >= 0.6 is 0 Å². The van der Waals surface area contributed by atoms with Crippen LogP contribution in [-0.4, -0.2) is 40.4 Å². The summed E-state index contributed by atoms with van der Waals surface area (Å²) in [6, 6.07) is 0.355. The lowest BCUT2D eigenvalue weighted by Crippen LogP contribution is -2.35. The Labute approximate surface area is 111 Å². The van der Waals surface area contributed by atoms with Crippen molar-refractivity contribution in [2.75, 3.05) is 24.5 Å². The van der Waals surface area contributed by atoms with Crippen molar-refractivity contribution in [3.8, 4) is 0 Å². The number of fused-ring (bicyclic) bond motifs is 1. The van der Waals surface area contributed by atoms with Crippen LogP contribution in [-0.2, 0) is 7.05 Å². The number of rotatable bonds is 3. The standard InChI is InChI=1S/C12H19N5O2/c1-3-10-9-5-13-4-8(9)6-16(10)12-11(17(18)19)7-15(2)14-12/h7-10,13H,3-6H2,1-2H3. The molecule has 1 N–H and O–H groups in total. The molecule has 2 aliphatic rings. The summed E-state index contributed by atoms with van der Waals surface area (Å²) in [5, 5.41) is 18.9. The fraction of sp³-hybridized carbons (Fsp3) is 0.750. The smallest absolute Gasteiger partial charge is 0.330 e. The van der Waals surface area contributed by atoms with Crippen molar-refractivity contribution in [3.63, 3.8) is 0 Å². The Bertz CT molecular complexity index is 500. The van der Waals surface area contributed by atoms with Crippen molar-refractivity contribution in [2.45, 2.75) is 19.4 Å². The number of nitrogens with zero attached hydrogens (tertiary/aromatic N) is 4. The van der Waals surface area contributed by atoms with Crippen LogP contribution in [0.1, 0.15) is 13.3 Å². The molecular formula is C12H19N5O2. The first-order chi connectivity index (χ1) is 9.11. The third-order valence-corrected chi connectivity index (χ3v) is 4.40. The lowest BCUT2D eigenvalue weighted by atomic mass is 9.93. The number of anilines is 1. The van der Waals surface area contributed by atoms with Crippen molar-refractivity contribution in [1.29, 1.82) is 0 Å². The summed E-state index contributed by atoms with van der Waals surface area (Å²) in [6.45, 7) is 5.04. The van der Waals surface area contributed by atoms with Crippen molar-refractivity contribution in [1.82, 2.24) is 15.1 Å². The van der Waals surface area contributed by atoms with Gasteiger partial charge in [0.1, 0.15) is 6.20 Å². The molecule has 0 amide bonds. The summed E-state index contributed by atoms with van der Waals surface area (Å²) in [5.74, 6) is 1.71. The van der Waals surface area contributed by atoms with Crippen molar-refractivity contribution in [3.05, 3.63) is 16.3 Å². The van der Waals surface area contributed by atoms with Gasteiger partial charge in [-0.3, -0.25) is 14.8 Å². The van der Waals surface area contributed by atoms with Crippen LogP contribution in [0.15, 0.2) is 6.20 Å². The molecule has 0 bridgehead atoms. The molecule has 2 aliphatic heterocycles. The first-order valence-electron chi connectivity index (χ1n) is 6.77. The predicted octanol–water partition coefficient (Wildman–Crippen LogP) is 0.762. The van der Waals surface area contributed by atoms with E-state index in [0.717, 1.165) is 26.1 Å². The highest BCUT2D eigenvalue weighted by molar-refractivity contribution is 5.58. The number of nitrogens with one attached hydrogen (secondary N) is 1. The molecule has 104 valence electrons. The Morgan fingerprint density at radius 1 is 1.58 bits per heavy atom. The highest BCUT2D eigenvalue weighted by atomic mass is 16.6. The molecule has 1 aromatic heterocycles. The molecular weight excluding hydrogens is 246 g/mol. The minimum atomic E-state index is -0.332. The van der Waals surface area contributed by atoms with E-state index in [2.05, 4.69) is 22.2 Å². The summed E-state index contributed by atoms with van der Waals surface area (Å²) < 4.78 is 1.53. The molecule has 0 spiro atoms. The average Bonchev–Trinajstić information content (AvgIpc) is 3.00. The molecule has 0 aliphatic carbocycles. The Hall–Kier alpha value is -1.63. The van der Waals surface area contributed by atoms with Gasteiger partial charge >= 0.3 is 5.69 Å². The maximum absolute atomic E-state index is 11.1. The summed E-state index contributed by atoms with van der Waals surface area (Å²) in [6.07, 6.45) is 2.49. The van der Waals surface area contributed by atoms with Gasteiger partial charge in [-0.25, -0.2) is 0 Å². The van der Waals surface area contributed by atoms with Crippen LogP contribution < -0.4 is 10.2 Å². The Balaban J connectivity index is 1.95. The van der Waals surface area contributed by atoms with E-state index in [1.54, 1.807) is 7.05 Å².